The number of carbonyl (C=O) groups excluding carboxylic acids is 1. The number of aliphatic imine (C=N–C) groups is 1. The van der Waals surface area contributed by atoms with Crippen molar-refractivity contribution in [2.75, 3.05) is 46.0 Å². The summed E-state index contributed by atoms with van der Waals surface area (Å²) in [6, 6.07) is 1.86. The van der Waals surface area contributed by atoms with Crippen LogP contribution in [0.3, 0.4) is 0 Å². The van der Waals surface area contributed by atoms with E-state index in [-0.39, 0.29) is 12.2 Å². The van der Waals surface area contributed by atoms with Crippen LogP contribution >= 0.6 is 0 Å². The van der Waals surface area contributed by atoms with Gasteiger partial charge in [0, 0.05) is 32.4 Å². The number of nitriles is 1. The Bertz CT molecular complexity index is 526. The molecule has 0 spiro atoms. The summed E-state index contributed by atoms with van der Waals surface area (Å²) in [4.78, 5) is 20.2. The van der Waals surface area contributed by atoms with Gasteiger partial charge in [0.2, 0.25) is 0 Å². The summed E-state index contributed by atoms with van der Waals surface area (Å²) in [6.45, 7) is 7.40. The van der Waals surface area contributed by atoms with Crippen molar-refractivity contribution in [1.82, 2.24) is 9.80 Å². The van der Waals surface area contributed by atoms with Crippen molar-refractivity contribution in [3.05, 3.63) is 23.5 Å². The van der Waals surface area contributed by atoms with Crippen LogP contribution in [-0.4, -0.2) is 68.1 Å². The molecule has 0 aromatic heterocycles. The first-order valence-electron chi connectivity index (χ1n) is 7.84. The normalized spacial score (nSPS) is 20.3. The Kier molecular flexibility index (Phi) is 6.78. The molecular formula is C16H22N4O3. The fourth-order valence-corrected chi connectivity index (χ4v) is 2.38. The van der Waals surface area contributed by atoms with Crippen LogP contribution in [-0.2, 0) is 14.3 Å². The van der Waals surface area contributed by atoms with Gasteiger partial charge in [0.15, 0.2) is 5.57 Å². The zero-order valence-electron chi connectivity index (χ0n) is 13.4. The van der Waals surface area contributed by atoms with Crippen molar-refractivity contribution < 1.29 is 14.3 Å². The third-order valence-corrected chi connectivity index (χ3v) is 3.61. The van der Waals surface area contributed by atoms with E-state index in [1.807, 2.05) is 17.2 Å². The van der Waals surface area contributed by atoms with E-state index in [2.05, 4.69) is 9.89 Å². The first kappa shape index (κ1) is 17.2. The molecular weight excluding hydrogens is 296 g/mol. The predicted octanol–water partition coefficient (Wildman–Crippen LogP) is 0.907. The highest BCUT2D eigenvalue weighted by Gasteiger charge is 2.16. The Morgan fingerprint density at radius 3 is 2.83 bits per heavy atom. The Hall–Kier alpha value is -2.17. The second-order valence-corrected chi connectivity index (χ2v) is 5.20. The monoisotopic (exact) mass is 318 g/mol. The number of hydrogen-bond donors (Lipinski definition) is 0. The van der Waals surface area contributed by atoms with Gasteiger partial charge in [-0.05, 0) is 19.4 Å². The summed E-state index contributed by atoms with van der Waals surface area (Å²) in [5.74, 6) is -0.632. The average molecular weight is 318 g/mol. The minimum absolute atomic E-state index is 0.0627. The van der Waals surface area contributed by atoms with E-state index in [1.54, 1.807) is 19.3 Å². The lowest BCUT2D eigenvalue weighted by molar-refractivity contribution is -0.138. The zero-order valence-corrected chi connectivity index (χ0v) is 13.4. The summed E-state index contributed by atoms with van der Waals surface area (Å²) < 4.78 is 10.2. The van der Waals surface area contributed by atoms with Gasteiger partial charge in [-0.25, -0.2) is 9.79 Å². The molecule has 0 amide bonds. The number of carbonyl (C=O) groups is 1. The number of esters is 1. The molecule has 2 aliphatic heterocycles. The first-order valence-corrected chi connectivity index (χ1v) is 7.84. The molecule has 7 nitrogen and oxygen atoms in total. The van der Waals surface area contributed by atoms with Gasteiger partial charge in [0.1, 0.15) is 6.07 Å². The molecule has 2 heterocycles. The molecule has 2 rings (SSSR count). The number of hydrogen-bond acceptors (Lipinski definition) is 7. The molecule has 0 aliphatic carbocycles. The molecule has 124 valence electrons. The first-order chi connectivity index (χ1) is 11.2. The topological polar surface area (TPSA) is 78.2 Å². The highest BCUT2D eigenvalue weighted by molar-refractivity contribution is 5.94. The molecule has 0 unspecified atom stereocenters. The fourth-order valence-electron chi connectivity index (χ4n) is 2.38. The Balaban J connectivity index is 1.82. The molecule has 7 heteroatoms. The average Bonchev–Trinajstić information content (AvgIpc) is 2.58. The van der Waals surface area contributed by atoms with Gasteiger partial charge in [0.05, 0.1) is 31.9 Å². The summed E-state index contributed by atoms with van der Waals surface area (Å²) in [5, 5.41) is 9.08. The van der Waals surface area contributed by atoms with Crippen LogP contribution < -0.4 is 0 Å². The van der Waals surface area contributed by atoms with E-state index < -0.39 is 5.97 Å². The van der Waals surface area contributed by atoms with Gasteiger partial charge >= 0.3 is 5.97 Å². The van der Waals surface area contributed by atoms with Crippen LogP contribution in [0.4, 0.5) is 0 Å². The molecule has 0 atom stereocenters. The van der Waals surface area contributed by atoms with Crippen molar-refractivity contribution in [1.29, 1.82) is 5.26 Å². The number of nitrogens with zero attached hydrogens (tertiary/aromatic N) is 4. The second kappa shape index (κ2) is 9.08. The molecule has 23 heavy (non-hydrogen) atoms. The fraction of sp³-hybridized carbons (Fsp3) is 0.562. The van der Waals surface area contributed by atoms with Crippen molar-refractivity contribution in [2.24, 2.45) is 4.99 Å². The third-order valence-electron chi connectivity index (χ3n) is 3.61. The maximum atomic E-state index is 11.7. The third kappa shape index (κ3) is 5.20. The zero-order chi connectivity index (χ0) is 16.5. The van der Waals surface area contributed by atoms with Crippen molar-refractivity contribution in [2.45, 2.75) is 13.3 Å². The smallest absolute Gasteiger partial charge is 0.351 e. The minimum atomic E-state index is -0.632. The van der Waals surface area contributed by atoms with Gasteiger partial charge in [-0.1, -0.05) is 0 Å². The van der Waals surface area contributed by atoms with Crippen LogP contribution in [0.5, 0.6) is 0 Å². The van der Waals surface area contributed by atoms with Crippen LogP contribution in [0.1, 0.15) is 13.3 Å². The lowest BCUT2D eigenvalue weighted by Crippen LogP contribution is -2.37. The van der Waals surface area contributed by atoms with E-state index >= 15 is 0 Å². The van der Waals surface area contributed by atoms with E-state index in [0.29, 0.717) is 5.70 Å². The number of ether oxygens (including phenoxy) is 2. The molecule has 0 N–H and O–H groups in total. The Morgan fingerprint density at radius 1 is 1.43 bits per heavy atom. The SMILES string of the molecule is CCOC(=O)/C(C#N)=C1/C=CN(CCCN2CCOCC2)C=N1. The van der Waals surface area contributed by atoms with Crippen molar-refractivity contribution in [3.8, 4) is 6.07 Å². The van der Waals surface area contributed by atoms with E-state index in [9.17, 15) is 4.79 Å². The maximum absolute atomic E-state index is 11.7. The van der Waals surface area contributed by atoms with Crippen molar-refractivity contribution >= 4 is 12.3 Å². The van der Waals surface area contributed by atoms with E-state index in [1.165, 1.54) is 0 Å². The highest BCUT2D eigenvalue weighted by Crippen LogP contribution is 2.13. The van der Waals surface area contributed by atoms with Gasteiger partial charge in [-0.15, -0.1) is 0 Å². The molecule has 0 aromatic carbocycles. The maximum Gasteiger partial charge on any atom is 0.351 e. The second-order valence-electron chi connectivity index (χ2n) is 5.20. The number of rotatable bonds is 6. The van der Waals surface area contributed by atoms with E-state index in [0.717, 1.165) is 45.8 Å². The summed E-state index contributed by atoms with van der Waals surface area (Å²) in [7, 11) is 0. The van der Waals surface area contributed by atoms with Crippen LogP contribution in [0.2, 0.25) is 0 Å². The molecule has 0 bridgehead atoms. The summed E-state index contributed by atoms with van der Waals surface area (Å²) >= 11 is 0. The van der Waals surface area contributed by atoms with Crippen LogP contribution in [0.25, 0.3) is 0 Å². The Labute approximate surface area is 136 Å². The van der Waals surface area contributed by atoms with E-state index in [4.69, 9.17) is 14.7 Å². The number of morpholine rings is 1. The van der Waals surface area contributed by atoms with Gasteiger partial charge in [0.25, 0.3) is 0 Å². The predicted molar refractivity (Wildman–Crippen MR) is 85.5 cm³/mol. The van der Waals surface area contributed by atoms with Crippen LogP contribution in [0.15, 0.2) is 28.5 Å². The molecule has 0 aromatic rings. The van der Waals surface area contributed by atoms with Gasteiger partial charge in [-0.3, -0.25) is 4.90 Å². The highest BCUT2D eigenvalue weighted by atomic mass is 16.5. The summed E-state index contributed by atoms with van der Waals surface area (Å²) in [5.41, 5.74) is 0.280. The molecule has 0 radical (unpaired) electrons. The summed E-state index contributed by atoms with van der Waals surface area (Å²) in [6.07, 6.45) is 6.16. The number of allylic oxidation sites excluding steroid dienone is 1. The lowest BCUT2D eigenvalue weighted by Gasteiger charge is -2.27. The molecule has 2 aliphatic rings. The molecule has 1 fully saturated rings. The largest absolute Gasteiger partial charge is 0.462 e. The van der Waals surface area contributed by atoms with Crippen molar-refractivity contribution in [3.63, 3.8) is 0 Å². The molecule has 1 saturated heterocycles. The van der Waals surface area contributed by atoms with Crippen LogP contribution in [0, 0.1) is 11.3 Å². The van der Waals surface area contributed by atoms with Gasteiger partial charge in [-0.2, -0.15) is 5.26 Å². The molecule has 0 saturated carbocycles. The Morgan fingerprint density at radius 2 is 2.22 bits per heavy atom. The quantitative estimate of drug-likeness (QED) is 0.411. The van der Waals surface area contributed by atoms with Gasteiger partial charge < -0.3 is 14.4 Å². The lowest BCUT2D eigenvalue weighted by atomic mass is 10.2. The standard InChI is InChI=1S/C16H22N4O3/c1-2-23-16(21)14(12-17)15-4-7-20(13-18-15)6-3-5-19-8-10-22-11-9-19/h4,7,13H,2-3,5-6,8-11H2,1H3/b15-14-. The minimum Gasteiger partial charge on any atom is -0.462 e.